The van der Waals surface area contributed by atoms with Gasteiger partial charge < -0.3 is 9.47 Å². The van der Waals surface area contributed by atoms with Gasteiger partial charge in [0.2, 0.25) is 0 Å². The van der Waals surface area contributed by atoms with Crippen molar-refractivity contribution >= 4 is 11.9 Å². The van der Waals surface area contributed by atoms with Crippen LogP contribution in [0.1, 0.15) is 43.9 Å². The van der Waals surface area contributed by atoms with Gasteiger partial charge in [-0.25, -0.2) is 0 Å². The molecular weight excluding hydrogens is 414 g/mol. The van der Waals surface area contributed by atoms with E-state index in [9.17, 15) is 9.59 Å². The van der Waals surface area contributed by atoms with Gasteiger partial charge in [0.15, 0.2) is 0 Å². The number of rotatable bonds is 6. The molecule has 0 aromatic heterocycles. The molecular formula is C28H29NO4. The predicted molar refractivity (Wildman–Crippen MR) is 128 cm³/mol. The Kier molecular flexibility index (Phi) is 6.09. The van der Waals surface area contributed by atoms with Gasteiger partial charge in [-0.1, -0.05) is 78.9 Å². The minimum Gasteiger partial charge on any atom is -0.469 e. The van der Waals surface area contributed by atoms with E-state index in [0.717, 1.165) is 27.8 Å². The molecule has 0 amide bonds. The highest BCUT2D eigenvalue weighted by atomic mass is 16.6. The molecule has 0 fully saturated rings. The summed E-state index contributed by atoms with van der Waals surface area (Å²) >= 11 is 0. The number of carbonyl (C=O) groups is 2. The number of hydrogen-bond acceptors (Lipinski definition) is 5. The van der Waals surface area contributed by atoms with Gasteiger partial charge >= 0.3 is 11.9 Å². The second kappa shape index (κ2) is 8.83. The van der Waals surface area contributed by atoms with Crippen LogP contribution in [-0.2, 0) is 24.6 Å². The summed E-state index contributed by atoms with van der Waals surface area (Å²) in [6.07, 6.45) is -0.148. The smallest absolute Gasteiger partial charge is 0.324 e. The Labute approximate surface area is 194 Å². The molecule has 0 spiro atoms. The molecule has 1 aliphatic carbocycles. The number of methoxy groups -OCH3 is 1. The van der Waals surface area contributed by atoms with Gasteiger partial charge in [-0.3, -0.25) is 14.9 Å². The highest BCUT2D eigenvalue weighted by molar-refractivity contribution is 5.86. The molecule has 0 heterocycles. The zero-order chi connectivity index (χ0) is 23.6. The second-order valence-electron chi connectivity index (χ2n) is 9.22. The van der Waals surface area contributed by atoms with Crippen molar-refractivity contribution in [2.24, 2.45) is 0 Å². The average molecular weight is 444 g/mol. The summed E-state index contributed by atoms with van der Waals surface area (Å²) in [6, 6.07) is 25.4. The number of carbonyl (C=O) groups excluding carboxylic acids is 2. The van der Waals surface area contributed by atoms with Gasteiger partial charge in [-0.05, 0) is 48.6 Å². The van der Waals surface area contributed by atoms with E-state index in [1.165, 1.54) is 7.11 Å². The molecule has 0 aliphatic heterocycles. The van der Waals surface area contributed by atoms with Crippen molar-refractivity contribution < 1.29 is 19.1 Å². The summed E-state index contributed by atoms with van der Waals surface area (Å²) in [5.41, 5.74) is 3.66. The lowest BCUT2D eigenvalue weighted by molar-refractivity contribution is -0.161. The molecule has 3 aromatic rings. The maximum Gasteiger partial charge on any atom is 0.324 e. The van der Waals surface area contributed by atoms with Crippen molar-refractivity contribution in [2.75, 3.05) is 7.11 Å². The maximum atomic E-state index is 13.3. The summed E-state index contributed by atoms with van der Waals surface area (Å²) < 4.78 is 10.6. The first-order valence-electron chi connectivity index (χ1n) is 11.1. The molecule has 5 nitrogen and oxygen atoms in total. The van der Waals surface area contributed by atoms with Crippen LogP contribution < -0.4 is 5.32 Å². The molecule has 170 valence electrons. The summed E-state index contributed by atoms with van der Waals surface area (Å²) in [6.45, 7) is 5.44. The molecule has 33 heavy (non-hydrogen) atoms. The molecule has 5 heteroatoms. The van der Waals surface area contributed by atoms with E-state index < -0.39 is 29.1 Å². The van der Waals surface area contributed by atoms with Crippen LogP contribution in [0.2, 0.25) is 0 Å². The zero-order valence-electron chi connectivity index (χ0n) is 19.4. The number of esters is 2. The summed E-state index contributed by atoms with van der Waals surface area (Å²) in [5.74, 6) is -0.980. The Morgan fingerprint density at radius 3 is 1.88 bits per heavy atom. The van der Waals surface area contributed by atoms with E-state index in [1.807, 2.05) is 75.4 Å². The first-order valence-corrected chi connectivity index (χ1v) is 11.1. The largest absolute Gasteiger partial charge is 0.469 e. The van der Waals surface area contributed by atoms with Gasteiger partial charge in [0, 0.05) is 0 Å². The molecule has 0 unspecified atom stereocenters. The topological polar surface area (TPSA) is 64.6 Å². The molecule has 0 bridgehead atoms. The Morgan fingerprint density at radius 1 is 0.848 bits per heavy atom. The third kappa shape index (κ3) is 4.29. The van der Waals surface area contributed by atoms with E-state index in [2.05, 4.69) is 29.6 Å². The summed E-state index contributed by atoms with van der Waals surface area (Å²) in [4.78, 5) is 25.6. The van der Waals surface area contributed by atoms with Crippen molar-refractivity contribution in [1.29, 1.82) is 0 Å². The third-order valence-electron chi connectivity index (χ3n) is 5.84. The lowest BCUT2D eigenvalue weighted by atomic mass is 9.79. The first-order chi connectivity index (χ1) is 15.8. The Balaban J connectivity index is 1.92. The number of fused-ring (bicyclic) bond motifs is 3. The second-order valence-corrected chi connectivity index (χ2v) is 9.22. The Hall–Kier alpha value is -3.44. The molecule has 1 aliphatic rings. The molecule has 0 radical (unpaired) electrons. The summed E-state index contributed by atoms with van der Waals surface area (Å²) in [7, 11) is 1.32. The van der Waals surface area contributed by atoms with E-state index in [4.69, 9.17) is 9.47 Å². The normalized spacial score (nSPS) is 14.7. The monoisotopic (exact) mass is 443 g/mol. The minimum absolute atomic E-state index is 0.148. The van der Waals surface area contributed by atoms with Crippen molar-refractivity contribution in [3.05, 3.63) is 95.6 Å². The summed E-state index contributed by atoms with van der Waals surface area (Å²) in [5, 5.41) is 3.57. The van der Waals surface area contributed by atoms with Crippen LogP contribution >= 0.6 is 0 Å². The SMILES string of the molecule is COC(=O)C[C@@H](NC1(c2ccccc2)c2ccccc2-c2ccccc21)C(=O)OC(C)(C)C. The fourth-order valence-corrected chi connectivity index (χ4v) is 4.55. The fourth-order valence-electron chi connectivity index (χ4n) is 4.55. The van der Waals surface area contributed by atoms with E-state index in [0.29, 0.717) is 0 Å². The molecule has 0 saturated heterocycles. The number of hydrogen-bond donors (Lipinski definition) is 1. The van der Waals surface area contributed by atoms with Crippen LogP contribution in [0.15, 0.2) is 78.9 Å². The number of nitrogens with one attached hydrogen (secondary N) is 1. The molecule has 4 rings (SSSR count). The average Bonchev–Trinajstić information content (AvgIpc) is 3.09. The molecule has 0 saturated carbocycles. The van der Waals surface area contributed by atoms with Crippen LogP contribution in [0.4, 0.5) is 0 Å². The maximum absolute atomic E-state index is 13.3. The quantitative estimate of drug-likeness (QED) is 0.553. The zero-order valence-corrected chi connectivity index (χ0v) is 19.4. The lowest BCUT2D eigenvalue weighted by Gasteiger charge is -2.37. The Morgan fingerprint density at radius 2 is 1.36 bits per heavy atom. The van der Waals surface area contributed by atoms with Gasteiger partial charge in [0.1, 0.15) is 11.6 Å². The number of benzene rings is 3. The standard InChI is InChI=1S/C28H29NO4/c1-27(2,3)33-26(31)24(18-25(30)32-4)29-28(19-12-6-5-7-13-19)22-16-10-8-14-20(22)21-15-9-11-17-23(21)28/h5-17,24,29H,18H2,1-4H3/t24-/m1/s1. The van der Waals surface area contributed by atoms with Crippen molar-refractivity contribution in [3.8, 4) is 11.1 Å². The Bertz CT molecular complexity index is 1120. The van der Waals surface area contributed by atoms with Crippen LogP contribution in [0.25, 0.3) is 11.1 Å². The first kappa shape index (κ1) is 22.7. The molecule has 3 aromatic carbocycles. The van der Waals surface area contributed by atoms with Crippen molar-refractivity contribution in [3.63, 3.8) is 0 Å². The van der Waals surface area contributed by atoms with Crippen LogP contribution in [0.5, 0.6) is 0 Å². The van der Waals surface area contributed by atoms with E-state index in [1.54, 1.807) is 0 Å². The minimum atomic E-state index is -0.920. The highest BCUT2D eigenvalue weighted by Gasteiger charge is 2.47. The van der Waals surface area contributed by atoms with Crippen LogP contribution in [-0.4, -0.2) is 30.7 Å². The van der Waals surface area contributed by atoms with E-state index >= 15 is 0 Å². The highest BCUT2D eigenvalue weighted by Crippen LogP contribution is 2.51. The van der Waals surface area contributed by atoms with Gasteiger partial charge in [-0.15, -0.1) is 0 Å². The van der Waals surface area contributed by atoms with Crippen molar-refractivity contribution in [2.45, 2.75) is 44.4 Å². The van der Waals surface area contributed by atoms with Gasteiger partial charge in [0.05, 0.1) is 19.1 Å². The number of ether oxygens (including phenoxy) is 2. The van der Waals surface area contributed by atoms with Crippen LogP contribution in [0, 0.1) is 0 Å². The predicted octanol–water partition coefficient (Wildman–Crippen LogP) is 4.82. The van der Waals surface area contributed by atoms with Gasteiger partial charge in [-0.2, -0.15) is 0 Å². The molecule has 1 N–H and O–H groups in total. The lowest BCUT2D eigenvalue weighted by Crippen LogP contribution is -2.53. The van der Waals surface area contributed by atoms with E-state index in [-0.39, 0.29) is 6.42 Å². The van der Waals surface area contributed by atoms with Crippen molar-refractivity contribution in [1.82, 2.24) is 5.32 Å². The fraction of sp³-hybridized carbons (Fsp3) is 0.286. The van der Waals surface area contributed by atoms with Crippen LogP contribution in [0.3, 0.4) is 0 Å². The molecule has 1 atom stereocenters. The van der Waals surface area contributed by atoms with Gasteiger partial charge in [0.25, 0.3) is 0 Å². The third-order valence-corrected chi connectivity index (χ3v) is 5.84.